The number of nitrogens with two attached hydrogens (primary N) is 2. The summed E-state index contributed by atoms with van der Waals surface area (Å²) in [6.45, 7) is 1.15. The number of aromatic nitrogens is 2. The SMILES string of the molecule is Cl.Cl.NCCc1cn[nH]c1CN. The van der Waals surface area contributed by atoms with Crippen molar-refractivity contribution in [2.24, 2.45) is 11.5 Å². The quantitative estimate of drug-likeness (QED) is 0.671. The zero-order valence-corrected chi connectivity index (χ0v) is 8.25. The van der Waals surface area contributed by atoms with Gasteiger partial charge in [0.2, 0.25) is 0 Å². The Balaban J connectivity index is 0. The molecule has 5 N–H and O–H groups in total. The van der Waals surface area contributed by atoms with Crippen LogP contribution in [0.15, 0.2) is 6.20 Å². The van der Waals surface area contributed by atoms with Crippen molar-refractivity contribution in [3.8, 4) is 0 Å². The van der Waals surface area contributed by atoms with Crippen molar-refractivity contribution in [3.63, 3.8) is 0 Å². The molecule has 1 aromatic rings. The molecule has 0 aliphatic heterocycles. The summed E-state index contributed by atoms with van der Waals surface area (Å²) in [5.74, 6) is 0. The highest BCUT2D eigenvalue weighted by atomic mass is 35.5. The van der Waals surface area contributed by atoms with Crippen LogP contribution in [-0.2, 0) is 13.0 Å². The summed E-state index contributed by atoms with van der Waals surface area (Å²) in [7, 11) is 0. The van der Waals surface area contributed by atoms with E-state index in [0.29, 0.717) is 13.1 Å². The topological polar surface area (TPSA) is 80.7 Å². The lowest BCUT2D eigenvalue weighted by Crippen LogP contribution is -2.06. The highest BCUT2D eigenvalue weighted by Gasteiger charge is 1.99. The van der Waals surface area contributed by atoms with E-state index < -0.39 is 0 Å². The molecule has 1 aromatic heterocycles. The molecule has 0 saturated heterocycles. The van der Waals surface area contributed by atoms with Crippen LogP contribution >= 0.6 is 24.8 Å². The number of halogens is 2. The third kappa shape index (κ3) is 3.40. The van der Waals surface area contributed by atoms with Gasteiger partial charge in [0.15, 0.2) is 0 Å². The third-order valence-electron chi connectivity index (χ3n) is 1.43. The first kappa shape index (κ1) is 14.2. The largest absolute Gasteiger partial charge is 0.330 e. The fourth-order valence-electron chi connectivity index (χ4n) is 0.886. The first-order valence-corrected chi connectivity index (χ1v) is 3.29. The highest BCUT2D eigenvalue weighted by molar-refractivity contribution is 5.85. The molecule has 0 spiro atoms. The van der Waals surface area contributed by atoms with Crippen LogP contribution in [0.5, 0.6) is 0 Å². The molecule has 72 valence electrons. The maximum absolute atomic E-state index is 5.41. The Labute approximate surface area is 83.9 Å². The molecule has 0 fully saturated rings. The molecule has 0 amide bonds. The zero-order valence-electron chi connectivity index (χ0n) is 6.62. The second-order valence-electron chi connectivity index (χ2n) is 2.12. The molecule has 6 heteroatoms. The average molecular weight is 213 g/mol. The summed E-state index contributed by atoms with van der Waals surface area (Å²) in [5.41, 5.74) is 12.9. The van der Waals surface area contributed by atoms with Crippen molar-refractivity contribution in [2.45, 2.75) is 13.0 Å². The normalized spacial score (nSPS) is 8.50. The predicted octanol–water partition coefficient (Wildman–Crippen LogP) is 0.213. The summed E-state index contributed by atoms with van der Waals surface area (Å²) < 4.78 is 0. The van der Waals surface area contributed by atoms with Crippen LogP contribution in [0.25, 0.3) is 0 Å². The maximum Gasteiger partial charge on any atom is 0.0523 e. The van der Waals surface area contributed by atoms with E-state index in [1.165, 1.54) is 0 Å². The van der Waals surface area contributed by atoms with E-state index in [2.05, 4.69) is 10.2 Å². The second-order valence-corrected chi connectivity index (χ2v) is 2.12. The standard InChI is InChI=1S/C6H12N4.2ClH/c7-2-1-5-4-9-10-6(5)3-8;;/h4H,1-3,7-8H2,(H,9,10);2*1H. The lowest BCUT2D eigenvalue weighted by atomic mass is 10.2. The van der Waals surface area contributed by atoms with E-state index >= 15 is 0 Å². The Bertz CT molecular complexity index is 201. The summed E-state index contributed by atoms with van der Waals surface area (Å²) in [6.07, 6.45) is 2.62. The Hall–Kier alpha value is -0.290. The molecule has 0 aliphatic carbocycles. The number of nitrogens with zero attached hydrogens (tertiary/aromatic N) is 1. The van der Waals surface area contributed by atoms with E-state index in [4.69, 9.17) is 11.5 Å². The van der Waals surface area contributed by atoms with Crippen molar-refractivity contribution < 1.29 is 0 Å². The van der Waals surface area contributed by atoms with Crippen LogP contribution < -0.4 is 11.5 Å². The van der Waals surface area contributed by atoms with Gasteiger partial charge in [-0.2, -0.15) is 5.10 Å². The molecule has 0 saturated carbocycles. The second kappa shape index (κ2) is 7.36. The van der Waals surface area contributed by atoms with Crippen LogP contribution in [0, 0.1) is 0 Å². The molecule has 0 aromatic carbocycles. The number of nitrogens with one attached hydrogen (secondary N) is 1. The molecule has 12 heavy (non-hydrogen) atoms. The zero-order chi connectivity index (χ0) is 7.40. The lowest BCUT2D eigenvalue weighted by Gasteiger charge is -1.95. The summed E-state index contributed by atoms with van der Waals surface area (Å²) in [5, 5.41) is 6.66. The van der Waals surface area contributed by atoms with Crippen LogP contribution in [-0.4, -0.2) is 16.7 Å². The molecule has 0 atom stereocenters. The van der Waals surface area contributed by atoms with E-state index in [1.807, 2.05) is 0 Å². The molecule has 0 aliphatic rings. The van der Waals surface area contributed by atoms with Gasteiger partial charge in [-0.3, -0.25) is 5.10 Å². The molecular weight excluding hydrogens is 199 g/mol. The van der Waals surface area contributed by atoms with Crippen molar-refractivity contribution in [2.75, 3.05) is 6.54 Å². The Morgan fingerprint density at radius 2 is 2.00 bits per heavy atom. The Kier molecular flexibility index (Phi) is 8.74. The lowest BCUT2D eigenvalue weighted by molar-refractivity contribution is 0.904. The molecule has 0 radical (unpaired) electrons. The van der Waals surface area contributed by atoms with Gasteiger partial charge in [0, 0.05) is 6.54 Å². The van der Waals surface area contributed by atoms with E-state index in [0.717, 1.165) is 17.7 Å². The maximum atomic E-state index is 5.41. The fraction of sp³-hybridized carbons (Fsp3) is 0.500. The van der Waals surface area contributed by atoms with Gasteiger partial charge in [0.25, 0.3) is 0 Å². The smallest absolute Gasteiger partial charge is 0.0523 e. The van der Waals surface area contributed by atoms with E-state index in [-0.39, 0.29) is 24.8 Å². The van der Waals surface area contributed by atoms with Crippen LogP contribution in [0.1, 0.15) is 11.3 Å². The van der Waals surface area contributed by atoms with Crippen molar-refractivity contribution in [3.05, 3.63) is 17.5 Å². The number of aromatic amines is 1. The van der Waals surface area contributed by atoms with Gasteiger partial charge in [0.1, 0.15) is 0 Å². The molecule has 0 unspecified atom stereocenters. The monoisotopic (exact) mass is 212 g/mol. The van der Waals surface area contributed by atoms with Crippen molar-refractivity contribution in [1.82, 2.24) is 10.2 Å². The van der Waals surface area contributed by atoms with Crippen molar-refractivity contribution in [1.29, 1.82) is 0 Å². The molecular formula is C6H14Cl2N4. The Morgan fingerprint density at radius 3 is 2.50 bits per heavy atom. The number of H-pyrrole nitrogens is 1. The van der Waals surface area contributed by atoms with Gasteiger partial charge < -0.3 is 11.5 Å². The summed E-state index contributed by atoms with van der Waals surface area (Å²) in [6, 6.07) is 0. The first-order valence-electron chi connectivity index (χ1n) is 3.29. The third-order valence-corrected chi connectivity index (χ3v) is 1.43. The minimum absolute atomic E-state index is 0. The van der Waals surface area contributed by atoms with Gasteiger partial charge in [-0.25, -0.2) is 0 Å². The minimum atomic E-state index is 0. The number of hydrogen-bond acceptors (Lipinski definition) is 3. The highest BCUT2D eigenvalue weighted by Crippen LogP contribution is 2.02. The molecule has 1 heterocycles. The first-order chi connectivity index (χ1) is 4.88. The van der Waals surface area contributed by atoms with Crippen LogP contribution in [0.2, 0.25) is 0 Å². The van der Waals surface area contributed by atoms with E-state index in [9.17, 15) is 0 Å². The van der Waals surface area contributed by atoms with Gasteiger partial charge in [0.05, 0.1) is 11.9 Å². The fourth-order valence-corrected chi connectivity index (χ4v) is 0.886. The van der Waals surface area contributed by atoms with Gasteiger partial charge >= 0.3 is 0 Å². The van der Waals surface area contributed by atoms with Gasteiger partial charge in [-0.1, -0.05) is 0 Å². The molecule has 1 rings (SSSR count). The summed E-state index contributed by atoms with van der Waals surface area (Å²) >= 11 is 0. The van der Waals surface area contributed by atoms with Crippen LogP contribution in [0.4, 0.5) is 0 Å². The number of rotatable bonds is 3. The number of hydrogen-bond donors (Lipinski definition) is 3. The van der Waals surface area contributed by atoms with Gasteiger partial charge in [-0.15, -0.1) is 24.8 Å². The van der Waals surface area contributed by atoms with Crippen molar-refractivity contribution >= 4 is 24.8 Å². The summed E-state index contributed by atoms with van der Waals surface area (Å²) in [4.78, 5) is 0. The Morgan fingerprint density at radius 1 is 1.33 bits per heavy atom. The van der Waals surface area contributed by atoms with Crippen LogP contribution in [0.3, 0.4) is 0 Å². The van der Waals surface area contributed by atoms with Gasteiger partial charge in [-0.05, 0) is 18.5 Å². The molecule has 0 bridgehead atoms. The minimum Gasteiger partial charge on any atom is -0.330 e. The van der Waals surface area contributed by atoms with E-state index in [1.54, 1.807) is 6.20 Å². The average Bonchev–Trinajstić information content (AvgIpc) is 2.36. The predicted molar refractivity (Wildman–Crippen MR) is 53.7 cm³/mol. The molecule has 4 nitrogen and oxygen atoms in total.